The standard InChI is InChI=1S/C16H22O4/c1-16(2)19-13(9-10-15(17)18-3)14(20-16)11-12-7-5-4-6-8-12/h4-8,13-14H,9-11H2,1-3H3/t13-,14-/m0/s1. The van der Waals surface area contributed by atoms with Crippen molar-refractivity contribution >= 4 is 5.97 Å². The smallest absolute Gasteiger partial charge is 0.305 e. The van der Waals surface area contributed by atoms with Crippen LogP contribution in [0.15, 0.2) is 30.3 Å². The number of carbonyl (C=O) groups is 1. The van der Waals surface area contributed by atoms with Crippen LogP contribution in [0.1, 0.15) is 32.3 Å². The lowest BCUT2D eigenvalue weighted by atomic mass is 10.0. The predicted octanol–water partition coefficient (Wildman–Crippen LogP) is 2.70. The first kappa shape index (κ1) is 15.0. The van der Waals surface area contributed by atoms with E-state index in [1.807, 2.05) is 32.0 Å². The third kappa shape index (κ3) is 4.05. The molecule has 0 aliphatic carbocycles. The van der Waals surface area contributed by atoms with E-state index in [0.717, 1.165) is 6.42 Å². The summed E-state index contributed by atoms with van der Waals surface area (Å²) in [6, 6.07) is 10.2. The minimum Gasteiger partial charge on any atom is -0.469 e. The average molecular weight is 278 g/mol. The number of ether oxygens (including phenoxy) is 3. The highest BCUT2D eigenvalue weighted by molar-refractivity contribution is 5.69. The number of esters is 1. The number of carbonyl (C=O) groups excluding carboxylic acids is 1. The molecule has 1 aliphatic heterocycles. The molecule has 0 unspecified atom stereocenters. The third-order valence-corrected chi connectivity index (χ3v) is 3.43. The lowest BCUT2D eigenvalue weighted by Crippen LogP contribution is -2.25. The predicted molar refractivity (Wildman–Crippen MR) is 75.2 cm³/mol. The van der Waals surface area contributed by atoms with Crippen LogP contribution in [-0.2, 0) is 25.4 Å². The molecule has 110 valence electrons. The zero-order valence-corrected chi connectivity index (χ0v) is 12.3. The van der Waals surface area contributed by atoms with E-state index in [-0.39, 0.29) is 18.2 Å². The van der Waals surface area contributed by atoms with Crippen LogP contribution < -0.4 is 0 Å². The van der Waals surface area contributed by atoms with E-state index in [1.165, 1.54) is 12.7 Å². The summed E-state index contributed by atoms with van der Waals surface area (Å²) in [7, 11) is 1.40. The molecule has 20 heavy (non-hydrogen) atoms. The Hall–Kier alpha value is -1.39. The van der Waals surface area contributed by atoms with Gasteiger partial charge in [0.25, 0.3) is 0 Å². The highest BCUT2D eigenvalue weighted by Crippen LogP contribution is 2.32. The van der Waals surface area contributed by atoms with Gasteiger partial charge in [-0.1, -0.05) is 30.3 Å². The molecule has 0 bridgehead atoms. The Balaban J connectivity index is 1.98. The molecule has 0 radical (unpaired) electrons. The molecule has 0 N–H and O–H groups in total. The number of benzene rings is 1. The van der Waals surface area contributed by atoms with Gasteiger partial charge < -0.3 is 14.2 Å². The summed E-state index contributed by atoms with van der Waals surface area (Å²) in [5.74, 6) is -0.808. The van der Waals surface area contributed by atoms with Gasteiger partial charge in [-0.15, -0.1) is 0 Å². The van der Waals surface area contributed by atoms with Gasteiger partial charge in [0.15, 0.2) is 5.79 Å². The molecular formula is C16H22O4. The van der Waals surface area contributed by atoms with E-state index in [2.05, 4.69) is 16.9 Å². The minimum absolute atomic E-state index is 0.0305. The fourth-order valence-corrected chi connectivity index (χ4v) is 2.54. The second-order valence-electron chi connectivity index (χ2n) is 5.52. The van der Waals surface area contributed by atoms with Crippen LogP contribution in [0.4, 0.5) is 0 Å². The van der Waals surface area contributed by atoms with Gasteiger partial charge >= 0.3 is 5.97 Å². The summed E-state index contributed by atoms with van der Waals surface area (Å²) in [5.41, 5.74) is 1.21. The SMILES string of the molecule is COC(=O)CC[C@@H]1OC(C)(C)O[C@H]1Cc1ccccc1. The van der Waals surface area contributed by atoms with Gasteiger partial charge in [-0.25, -0.2) is 0 Å². The average Bonchev–Trinajstić information content (AvgIpc) is 2.71. The van der Waals surface area contributed by atoms with Crippen molar-refractivity contribution in [1.29, 1.82) is 0 Å². The van der Waals surface area contributed by atoms with Crippen LogP contribution >= 0.6 is 0 Å². The van der Waals surface area contributed by atoms with Gasteiger partial charge in [0.2, 0.25) is 0 Å². The van der Waals surface area contributed by atoms with Crippen LogP contribution in [-0.4, -0.2) is 31.1 Å². The highest BCUT2D eigenvalue weighted by atomic mass is 16.7. The Morgan fingerprint density at radius 2 is 1.85 bits per heavy atom. The molecule has 1 fully saturated rings. The van der Waals surface area contributed by atoms with Crippen molar-refractivity contribution in [1.82, 2.24) is 0 Å². The molecule has 2 rings (SSSR count). The number of rotatable bonds is 5. The molecule has 0 amide bonds. The van der Waals surface area contributed by atoms with E-state index in [4.69, 9.17) is 9.47 Å². The summed E-state index contributed by atoms with van der Waals surface area (Å²) >= 11 is 0. The first-order valence-corrected chi connectivity index (χ1v) is 6.96. The Kier molecular flexibility index (Phi) is 4.78. The fourth-order valence-electron chi connectivity index (χ4n) is 2.54. The first-order chi connectivity index (χ1) is 9.50. The van der Waals surface area contributed by atoms with Crippen LogP contribution in [0.5, 0.6) is 0 Å². The Labute approximate surface area is 120 Å². The molecule has 0 saturated carbocycles. The topological polar surface area (TPSA) is 44.8 Å². The van der Waals surface area contributed by atoms with Crippen molar-refractivity contribution < 1.29 is 19.0 Å². The minimum atomic E-state index is -0.597. The second kappa shape index (κ2) is 6.37. The largest absolute Gasteiger partial charge is 0.469 e. The van der Waals surface area contributed by atoms with E-state index < -0.39 is 5.79 Å². The summed E-state index contributed by atoms with van der Waals surface area (Å²) < 4.78 is 16.5. The summed E-state index contributed by atoms with van der Waals surface area (Å²) in [5, 5.41) is 0. The van der Waals surface area contributed by atoms with Crippen molar-refractivity contribution in [3.63, 3.8) is 0 Å². The molecular weight excluding hydrogens is 256 g/mol. The molecule has 4 nitrogen and oxygen atoms in total. The van der Waals surface area contributed by atoms with E-state index in [1.54, 1.807) is 0 Å². The highest BCUT2D eigenvalue weighted by Gasteiger charge is 2.40. The maximum absolute atomic E-state index is 11.3. The number of methoxy groups -OCH3 is 1. The second-order valence-corrected chi connectivity index (χ2v) is 5.52. The Bertz CT molecular complexity index is 441. The molecule has 1 aliphatic rings. The molecule has 0 spiro atoms. The van der Waals surface area contributed by atoms with Crippen molar-refractivity contribution in [2.75, 3.05) is 7.11 Å². The zero-order chi connectivity index (χ0) is 14.6. The Morgan fingerprint density at radius 1 is 1.20 bits per heavy atom. The lowest BCUT2D eigenvalue weighted by molar-refractivity contribution is -0.150. The van der Waals surface area contributed by atoms with Gasteiger partial charge in [0, 0.05) is 12.8 Å². The maximum Gasteiger partial charge on any atom is 0.305 e. The van der Waals surface area contributed by atoms with E-state index >= 15 is 0 Å². The monoisotopic (exact) mass is 278 g/mol. The quantitative estimate of drug-likeness (QED) is 0.777. The van der Waals surface area contributed by atoms with Crippen LogP contribution in [0, 0.1) is 0 Å². The maximum atomic E-state index is 11.3. The Morgan fingerprint density at radius 3 is 2.50 bits per heavy atom. The molecule has 4 heteroatoms. The molecule has 2 atom stereocenters. The summed E-state index contributed by atoms with van der Waals surface area (Å²) in [6.07, 6.45) is 1.65. The third-order valence-electron chi connectivity index (χ3n) is 3.43. The molecule has 1 aromatic carbocycles. The van der Waals surface area contributed by atoms with Crippen molar-refractivity contribution in [3.8, 4) is 0 Å². The van der Waals surface area contributed by atoms with Gasteiger partial charge in [-0.3, -0.25) is 4.79 Å². The normalized spacial score (nSPS) is 24.6. The summed E-state index contributed by atoms with van der Waals surface area (Å²) in [4.78, 5) is 11.3. The van der Waals surface area contributed by atoms with Gasteiger partial charge in [-0.2, -0.15) is 0 Å². The molecule has 1 heterocycles. The van der Waals surface area contributed by atoms with Crippen LogP contribution in [0.2, 0.25) is 0 Å². The van der Waals surface area contributed by atoms with Crippen LogP contribution in [0.3, 0.4) is 0 Å². The van der Waals surface area contributed by atoms with Gasteiger partial charge in [-0.05, 0) is 25.8 Å². The van der Waals surface area contributed by atoms with E-state index in [0.29, 0.717) is 12.8 Å². The fraction of sp³-hybridized carbons (Fsp3) is 0.562. The molecule has 0 aromatic heterocycles. The van der Waals surface area contributed by atoms with Crippen molar-refractivity contribution in [2.45, 2.75) is 51.1 Å². The molecule has 1 aromatic rings. The van der Waals surface area contributed by atoms with Crippen LogP contribution in [0.25, 0.3) is 0 Å². The summed E-state index contributed by atoms with van der Waals surface area (Å²) in [6.45, 7) is 3.81. The van der Waals surface area contributed by atoms with Gasteiger partial charge in [0.1, 0.15) is 0 Å². The number of hydrogen-bond acceptors (Lipinski definition) is 4. The number of hydrogen-bond donors (Lipinski definition) is 0. The first-order valence-electron chi connectivity index (χ1n) is 6.96. The van der Waals surface area contributed by atoms with E-state index in [9.17, 15) is 4.79 Å². The molecule has 1 saturated heterocycles. The zero-order valence-electron chi connectivity index (χ0n) is 12.3. The van der Waals surface area contributed by atoms with Crippen molar-refractivity contribution in [2.24, 2.45) is 0 Å². The lowest BCUT2D eigenvalue weighted by Gasteiger charge is -2.16. The van der Waals surface area contributed by atoms with Gasteiger partial charge in [0.05, 0.1) is 19.3 Å². The van der Waals surface area contributed by atoms with Crippen molar-refractivity contribution in [3.05, 3.63) is 35.9 Å².